The number of fused-ring (bicyclic) bond motifs is 1. The Kier molecular flexibility index (Phi) is 1.29. The number of nitrogens with zero attached hydrogens (tertiary/aromatic N) is 2. The lowest BCUT2D eigenvalue weighted by Crippen LogP contribution is -1.80. The highest BCUT2D eigenvalue weighted by atomic mass is 35.5. The molecule has 0 spiro atoms. The summed E-state index contributed by atoms with van der Waals surface area (Å²) in [7, 11) is 0. The number of aromatic nitrogens is 2. The molecule has 0 saturated carbocycles. The molecule has 0 bridgehead atoms. The van der Waals surface area contributed by atoms with Crippen molar-refractivity contribution in [2.24, 2.45) is 0 Å². The molecule has 0 N–H and O–H groups in total. The third kappa shape index (κ3) is 1.05. The molecular formula is C6H2ClFN2O. The lowest BCUT2D eigenvalue weighted by molar-refractivity contribution is 0.583. The van der Waals surface area contributed by atoms with Crippen LogP contribution >= 0.6 is 11.6 Å². The van der Waals surface area contributed by atoms with Crippen molar-refractivity contribution in [1.82, 2.24) is 9.97 Å². The van der Waals surface area contributed by atoms with E-state index in [9.17, 15) is 4.39 Å². The van der Waals surface area contributed by atoms with Gasteiger partial charge in [-0.1, -0.05) is 0 Å². The number of oxazole rings is 1. The van der Waals surface area contributed by atoms with Crippen molar-refractivity contribution < 1.29 is 8.81 Å². The quantitative estimate of drug-likeness (QED) is 0.571. The average molecular weight is 173 g/mol. The largest absolute Gasteiger partial charge is 0.426 e. The van der Waals surface area contributed by atoms with Gasteiger partial charge >= 0.3 is 0 Å². The van der Waals surface area contributed by atoms with Crippen LogP contribution in [-0.4, -0.2) is 9.97 Å². The molecule has 2 rings (SSSR count). The Morgan fingerprint density at radius 2 is 2.18 bits per heavy atom. The second-order valence-corrected chi connectivity index (χ2v) is 2.25. The third-order valence-electron chi connectivity index (χ3n) is 1.19. The maximum absolute atomic E-state index is 12.4. The molecule has 11 heavy (non-hydrogen) atoms. The van der Waals surface area contributed by atoms with E-state index in [1.807, 2.05) is 0 Å². The van der Waals surface area contributed by atoms with Gasteiger partial charge in [-0.05, 0) is 23.7 Å². The molecule has 56 valence electrons. The zero-order chi connectivity index (χ0) is 7.84. The Morgan fingerprint density at radius 3 is 3.00 bits per heavy atom. The maximum atomic E-state index is 12.4. The van der Waals surface area contributed by atoms with Crippen LogP contribution in [0.5, 0.6) is 0 Å². The van der Waals surface area contributed by atoms with E-state index in [1.54, 1.807) is 0 Å². The number of rotatable bonds is 0. The van der Waals surface area contributed by atoms with Crippen molar-refractivity contribution >= 4 is 22.8 Å². The number of pyridine rings is 1. The van der Waals surface area contributed by atoms with Crippen LogP contribution in [0.2, 0.25) is 5.35 Å². The lowest BCUT2D eigenvalue weighted by atomic mass is 10.4. The Balaban J connectivity index is 2.82. The SMILES string of the molecule is Fc1ccc2oc(Cl)nc2n1. The molecule has 2 heterocycles. The van der Waals surface area contributed by atoms with Gasteiger partial charge in [0.05, 0.1) is 0 Å². The molecule has 3 nitrogen and oxygen atoms in total. The van der Waals surface area contributed by atoms with Gasteiger partial charge in [-0.3, -0.25) is 0 Å². The first-order valence-electron chi connectivity index (χ1n) is 2.84. The van der Waals surface area contributed by atoms with Crippen LogP contribution in [0.1, 0.15) is 0 Å². The van der Waals surface area contributed by atoms with Crippen LogP contribution in [0.25, 0.3) is 11.2 Å². The fourth-order valence-electron chi connectivity index (χ4n) is 0.769. The summed E-state index contributed by atoms with van der Waals surface area (Å²) in [5, 5.41) is -0.0295. The predicted molar refractivity (Wildman–Crippen MR) is 36.8 cm³/mol. The molecule has 5 heteroatoms. The van der Waals surface area contributed by atoms with E-state index in [-0.39, 0.29) is 11.0 Å². The molecule has 2 aromatic rings. The molecule has 0 aromatic carbocycles. The molecule has 0 aliphatic carbocycles. The smallest absolute Gasteiger partial charge is 0.294 e. The number of halogens is 2. The first kappa shape index (κ1) is 6.54. The molecule has 0 aliphatic rings. The maximum Gasteiger partial charge on any atom is 0.294 e. The summed E-state index contributed by atoms with van der Waals surface area (Å²) in [6.07, 6.45) is 0. The van der Waals surface area contributed by atoms with Crippen molar-refractivity contribution in [3.8, 4) is 0 Å². The Hall–Kier alpha value is -1.16. The van der Waals surface area contributed by atoms with Gasteiger partial charge in [-0.15, -0.1) is 0 Å². The molecule has 0 aliphatic heterocycles. The first-order chi connectivity index (χ1) is 5.25. The minimum atomic E-state index is -0.595. The van der Waals surface area contributed by atoms with Gasteiger partial charge in [0.25, 0.3) is 5.35 Å². The van der Waals surface area contributed by atoms with Crippen molar-refractivity contribution in [3.05, 3.63) is 23.4 Å². The summed E-state index contributed by atoms with van der Waals surface area (Å²) in [4.78, 5) is 7.06. The van der Waals surface area contributed by atoms with Crippen LogP contribution in [0.15, 0.2) is 16.5 Å². The summed E-state index contributed by atoms with van der Waals surface area (Å²) in [6.45, 7) is 0. The van der Waals surface area contributed by atoms with Crippen LogP contribution in [-0.2, 0) is 0 Å². The van der Waals surface area contributed by atoms with Crippen molar-refractivity contribution in [1.29, 1.82) is 0 Å². The molecule has 0 unspecified atom stereocenters. The Labute approximate surface area is 65.8 Å². The van der Waals surface area contributed by atoms with Crippen LogP contribution < -0.4 is 0 Å². The molecule has 0 atom stereocenters. The summed E-state index contributed by atoms with van der Waals surface area (Å²) in [5.41, 5.74) is 0.575. The van der Waals surface area contributed by atoms with Crippen LogP contribution in [0.4, 0.5) is 4.39 Å². The third-order valence-corrected chi connectivity index (χ3v) is 1.35. The predicted octanol–water partition coefficient (Wildman–Crippen LogP) is 2.02. The molecule has 0 fully saturated rings. The average Bonchev–Trinajstić information content (AvgIpc) is 2.27. The minimum absolute atomic E-state index is 0.0295. The summed E-state index contributed by atoms with van der Waals surface area (Å²) in [5.74, 6) is -0.595. The van der Waals surface area contributed by atoms with Gasteiger partial charge in [0.2, 0.25) is 11.6 Å². The van der Waals surface area contributed by atoms with Crippen molar-refractivity contribution in [2.45, 2.75) is 0 Å². The molecule has 2 aromatic heterocycles. The second kappa shape index (κ2) is 2.17. The fraction of sp³-hybridized carbons (Fsp3) is 0. The van der Waals surface area contributed by atoms with Crippen LogP contribution in [0.3, 0.4) is 0 Å². The Morgan fingerprint density at radius 1 is 1.36 bits per heavy atom. The molecule has 0 amide bonds. The second-order valence-electron chi connectivity index (χ2n) is 1.92. The normalized spacial score (nSPS) is 10.7. The number of hydrogen-bond donors (Lipinski definition) is 0. The highest BCUT2D eigenvalue weighted by Crippen LogP contribution is 2.16. The van der Waals surface area contributed by atoms with E-state index in [2.05, 4.69) is 9.97 Å². The van der Waals surface area contributed by atoms with Crippen molar-refractivity contribution in [3.63, 3.8) is 0 Å². The van der Waals surface area contributed by atoms with E-state index in [1.165, 1.54) is 12.1 Å². The van der Waals surface area contributed by atoms with E-state index >= 15 is 0 Å². The highest BCUT2D eigenvalue weighted by Gasteiger charge is 2.04. The van der Waals surface area contributed by atoms with E-state index in [4.69, 9.17) is 16.0 Å². The van der Waals surface area contributed by atoms with Crippen LogP contribution in [0, 0.1) is 5.95 Å². The van der Waals surface area contributed by atoms with Gasteiger partial charge in [0.15, 0.2) is 5.58 Å². The van der Waals surface area contributed by atoms with Gasteiger partial charge in [0, 0.05) is 0 Å². The highest BCUT2D eigenvalue weighted by molar-refractivity contribution is 6.28. The minimum Gasteiger partial charge on any atom is -0.426 e. The Bertz CT molecular complexity index is 400. The molecular weight excluding hydrogens is 171 g/mol. The van der Waals surface area contributed by atoms with Crippen molar-refractivity contribution in [2.75, 3.05) is 0 Å². The number of hydrogen-bond acceptors (Lipinski definition) is 3. The van der Waals surface area contributed by atoms with E-state index in [0.717, 1.165) is 0 Å². The molecule has 0 saturated heterocycles. The van der Waals surface area contributed by atoms with Gasteiger partial charge in [0.1, 0.15) is 0 Å². The first-order valence-corrected chi connectivity index (χ1v) is 3.22. The van der Waals surface area contributed by atoms with Gasteiger partial charge in [-0.2, -0.15) is 14.4 Å². The van der Waals surface area contributed by atoms with Gasteiger partial charge in [-0.25, -0.2) is 0 Å². The summed E-state index contributed by atoms with van der Waals surface area (Å²) >= 11 is 5.40. The zero-order valence-corrected chi connectivity index (χ0v) is 5.97. The van der Waals surface area contributed by atoms with E-state index < -0.39 is 5.95 Å². The lowest BCUT2D eigenvalue weighted by Gasteiger charge is -1.83. The van der Waals surface area contributed by atoms with E-state index in [0.29, 0.717) is 5.58 Å². The fourth-order valence-corrected chi connectivity index (χ4v) is 0.932. The van der Waals surface area contributed by atoms with Gasteiger partial charge < -0.3 is 4.42 Å². The monoisotopic (exact) mass is 172 g/mol. The summed E-state index contributed by atoms with van der Waals surface area (Å²) in [6, 6.07) is 2.61. The standard InChI is InChI=1S/C6H2ClFN2O/c7-6-10-5-3(11-6)1-2-4(8)9-5/h1-2H. The zero-order valence-electron chi connectivity index (χ0n) is 5.21. The topological polar surface area (TPSA) is 38.9 Å². The summed E-state index contributed by atoms with van der Waals surface area (Å²) < 4.78 is 17.3. The molecule has 0 radical (unpaired) electrons.